The van der Waals surface area contributed by atoms with Crippen molar-refractivity contribution in [2.45, 2.75) is 26.4 Å². The van der Waals surface area contributed by atoms with Gasteiger partial charge < -0.3 is 9.80 Å². The van der Waals surface area contributed by atoms with Crippen LogP contribution in [0.15, 0.2) is 42.7 Å². The maximum absolute atomic E-state index is 4.94. The molecular weight excluding hydrogens is 380 g/mol. The van der Waals surface area contributed by atoms with E-state index in [0.717, 1.165) is 64.0 Å². The molecule has 0 saturated carbocycles. The van der Waals surface area contributed by atoms with Gasteiger partial charge in [-0.1, -0.05) is 6.07 Å². The van der Waals surface area contributed by atoms with Crippen molar-refractivity contribution >= 4 is 23.1 Å². The summed E-state index contributed by atoms with van der Waals surface area (Å²) in [4.78, 5) is 24.1. The van der Waals surface area contributed by atoms with Gasteiger partial charge in [0.1, 0.15) is 5.82 Å². The van der Waals surface area contributed by atoms with Gasteiger partial charge in [0.05, 0.1) is 5.69 Å². The first-order valence-corrected chi connectivity index (χ1v) is 11.1. The van der Waals surface area contributed by atoms with Crippen LogP contribution in [0.3, 0.4) is 0 Å². The Morgan fingerprint density at radius 2 is 1.83 bits per heavy atom. The first-order chi connectivity index (χ1) is 14.2. The number of nitrogens with zero attached hydrogens (tertiary/aromatic N) is 6. The number of thiophene rings is 1. The summed E-state index contributed by atoms with van der Waals surface area (Å²) < 4.78 is 0. The fraction of sp³-hybridized carbons (Fsp3) is 0.409. The van der Waals surface area contributed by atoms with Crippen LogP contribution in [0.2, 0.25) is 0 Å². The second kappa shape index (κ2) is 8.08. The van der Waals surface area contributed by atoms with Crippen molar-refractivity contribution < 1.29 is 0 Å². The summed E-state index contributed by atoms with van der Waals surface area (Å²) in [5.41, 5.74) is 2.50. The van der Waals surface area contributed by atoms with E-state index in [1.807, 2.05) is 29.7 Å². The molecular formula is C22H26N6S. The molecule has 0 atom stereocenters. The topological polar surface area (TPSA) is 48.4 Å². The highest BCUT2D eigenvalue weighted by atomic mass is 32.1. The maximum Gasteiger partial charge on any atom is 0.225 e. The molecule has 0 amide bonds. The summed E-state index contributed by atoms with van der Waals surface area (Å²) in [6, 6.07) is 10.5. The predicted molar refractivity (Wildman–Crippen MR) is 118 cm³/mol. The Labute approximate surface area is 175 Å². The molecule has 0 spiro atoms. The maximum atomic E-state index is 4.94. The molecule has 0 unspecified atom stereocenters. The number of aryl methyl sites for hydroxylation is 1. The van der Waals surface area contributed by atoms with Crippen molar-refractivity contribution in [1.29, 1.82) is 0 Å². The van der Waals surface area contributed by atoms with E-state index in [4.69, 9.17) is 9.97 Å². The van der Waals surface area contributed by atoms with E-state index in [-0.39, 0.29) is 0 Å². The molecule has 5 rings (SSSR count). The minimum Gasteiger partial charge on any atom is -0.353 e. The van der Waals surface area contributed by atoms with Crippen LogP contribution in [0.1, 0.15) is 21.0 Å². The van der Waals surface area contributed by atoms with E-state index in [9.17, 15) is 0 Å². The minimum atomic E-state index is 0.881. The first-order valence-electron chi connectivity index (χ1n) is 10.3. The molecule has 7 heteroatoms. The minimum absolute atomic E-state index is 0.881. The summed E-state index contributed by atoms with van der Waals surface area (Å²) in [6.45, 7) is 8.96. The molecule has 0 radical (unpaired) electrons. The Hall–Kier alpha value is -2.51. The van der Waals surface area contributed by atoms with Crippen LogP contribution >= 0.6 is 11.3 Å². The number of pyridine rings is 1. The lowest BCUT2D eigenvalue weighted by molar-refractivity contribution is 0.245. The number of fused-ring (bicyclic) bond motifs is 1. The zero-order valence-corrected chi connectivity index (χ0v) is 17.6. The monoisotopic (exact) mass is 406 g/mol. The van der Waals surface area contributed by atoms with Crippen LogP contribution in [-0.2, 0) is 19.5 Å². The van der Waals surface area contributed by atoms with Gasteiger partial charge in [0.15, 0.2) is 0 Å². The molecule has 0 aliphatic carbocycles. The molecule has 6 nitrogen and oxygen atoms in total. The lowest BCUT2D eigenvalue weighted by Gasteiger charge is -2.36. The van der Waals surface area contributed by atoms with Crippen molar-refractivity contribution in [3.05, 3.63) is 63.7 Å². The molecule has 2 aliphatic heterocycles. The third-order valence-electron chi connectivity index (χ3n) is 5.71. The third-order valence-corrected chi connectivity index (χ3v) is 6.70. The van der Waals surface area contributed by atoms with E-state index >= 15 is 0 Å². The van der Waals surface area contributed by atoms with Gasteiger partial charge in [0, 0.05) is 79.9 Å². The van der Waals surface area contributed by atoms with Crippen LogP contribution in [0.5, 0.6) is 0 Å². The highest BCUT2D eigenvalue weighted by molar-refractivity contribution is 7.11. The molecule has 0 aromatic carbocycles. The molecule has 3 aromatic heterocycles. The smallest absolute Gasteiger partial charge is 0.225 e. The Morgan fingerprint density at radius 3 is 2.59 bits per heavy atom. The fourth-order valence-corrected chi connectivity index (χ4v) is 5.05. The van der Waals surface area contributed by atoms with E-state index in [1.54, 1.807) is 0 Å². The van der Waals surface area contributed by atoms with Crippen molar-refractivity contribution in [2.75, 3.05) is 42.5 Å². The summed E-state index contributed by atoms with van der Waals surface area (Å²) in [7, 11) is 0. The number of anilines is 2. The van der Waals surface area contributed by atoms with Crippen molar-refractivity contribution in [3.8, 4) is 0 Å². The molecule has 150 valence electrons. The quantitative estimate of drug-likeness (QED) is 0.664. The lowest BCUT2D eigenvalue weighted by atomic mass is 10.1. The second-order valence-electron chi connectivity index (χ2n) is 7.78. The van der Waals surface area contributed by atoms with Gasteiger partial charge in [-0.2, -0.15) is 0 Å². The van der Waals surface area contributed by atoms with Gasteiger partial charge >= 0.3 is 0 Å². The van der Waals surface area contributed by atoms with Gasteiger partial charge in [-0.15, -0.1) is 11.3 Å². The number of piperazine rings is 1. The normalized spacial score (nSPS) is 17.4. The van der Waals surface area contributed by atoms with Crippen molar-refractivity contribution in [3.63, 3.8) is 0 Å². The van der Waals surface area contributed by atoms with E-state index in [2.05, 4.69) is 51.0 Å². The molecule has 5 heterocycles. The fourth-order valence-electron chi connectivity index (χ4n) is 4.12. The van der Waals surface area contributed by atoms with Crippen molar-refractivity contribution in [1.82, 2.24) is 19.9 Å². The standard InChI is InChI=1S/C22H26N6S/c1-17-5-6-19(29-17)16-26-9-7-20-18(15-26)14-24-22(25-20)28-12-10-27(11-13-28)21-4-2-3-8-23-21/h2-6,8,14H,7,9-13,15-16H2,1H3. The Morgan fingerprint density at radius 1 is 0.966 bits per heavy atom. The number of hydrogen-bond donors (Lipinski definition) is 0. The average molecular weight is 407 g/mol. The summed E-state index contributed by atoms with van der Waals surface area (Å²) in [5.74, 6) is 1.94. The highest BCUT2D eigenvalue weighted by Gasteiger charge is 2.23. The van der Waals surface area contributed by atoms with Gasteiger partial charge in [-0.05, 0) is 31.2 Å². The van der Waals surface area contributed by atoms with E-state index in [1.165, 1.54) is 21.0 Å². The van der Waals surface area contributed by atoms with Crippen LogP contribution < -0.4 is 9.80 Å². The molecule has 1 fully saturated rings. The molecule has 29 heavy (non-hydrogen) atoms. The predicted octanol–water partition coefficient (Wildman–Crippen LogP) is 3.13. The van der Waals surface area contributed by atoms with Gasteiger partial charge in [0.25, 0.3) is 0 Å². The average Bonchev–Trinajstić information content (AvgIpc) is 3.18. The Kier molecular flexibility index (Phi) is 5.16. The molecule has 0 bridgehead atoms. The van der Waals surface area contributed by atoms with Gasteiger partial charge in [-0.3, -0.25) is 4.90 Å². The molecule has 1 saturated heterocycles. The van der Waals surface area contributed by atoms with E-state index < -0.39 is 0 Å². The van der Waals surface area contributed by atoms with Gasteiger partial charge in [0.2, 0.25) is 5.95 Å². The van der Waals surface area contributed by atoms with Crippen LogP contribution in [-0.4, -0.2) is 52.6 Å². The second-order valence-corrected chi connectivity index (χ2v) is 9.15. The van der Waals surface area contributed by atoms with Crippen LogP contribution in [0.25, 0.3) is 0 Å². The number of rotatable bonds is 4. The van der Waals surface area contributed by atoms with Crippen LogP contribution in [0.4, 0.5) is 11.8 Å². The van der Waals surface area contributed by atoms with Crippen LogP contribution in [0, 0.1) is 6.92 Å². The molecule has 0 N–H and O–H groups in total. The largest absolute Gasteiger partial charge is 0.353 e. The Bertz CT molecular complexity index is 964. The number of aromatic nitrogens is 3. The van der Waals surface area contributed by atoms with Gasteiger partial charge in [-0.25, -0.2) is 15.0 Å². The zero-order valence-electron chi connectivity index (χ0n) is 16.8. The Balaban J connectivity index is 1.22. The van der Waals surface area contributed by atoms with E-state index in [0.29, 0.717) is 0 Å². The highest BCUT2D eigenvalue weighted by Crippen LogP contribution is 2.24. The number of hydrogen-bond acceptors (Lipinski definition) is 7. The zero-order chi connectivity index (χ0) is 19.6. The summed E-state index contributed by atoms with van der Waals surface area (Å²) >= 11 is 1.89. The van der Waals surface area contributed by atoms with Crippen molar-refractivity contribution in [2.24, 2.45) is 0 Å². The SMILES string of the molecule is Cc1ccc(CN2CCc3nc(N4CCN(c5ccccn5)CC4)ncc3C2)s1. The first kappa shape index (κ1) is 18.5. The molecule has 2 aliphatic rings. The molecule has 3 aromatic rings. The third kappa shape index (κ3) is 4.11. The summed E-state index contributed by atoms with van der Waals surface area (Å²) in [5, 5.41) is 0. The summed E-state index contributed by atoms with van der Waals surface area (Å²) in [6.07, 6.45) is 4.91. The lowest BCUT2D eigenvalue weighted by Crippen LogP contribution is -2.47.